The molecule has 94 valence electrons. The van der Waals surface area contributed by atoms with E-state index in [0.29, 0.717) is 13.2 Å². The first kappa shape index (κ1) is 12.2. The number of rotatable bonds is 6. The highest BCUT2D eigenvalue weighted by Crippen LogP contribution is 2.39. The van der Waals surface area contributed by atoms with Crippen molar-refractivity contribution in [3.63, 3.8) is 0 Å². The molecule has 2 rings (SSSR count). The predicted octanol–water partition coefficient (Wildman–Crippen LogP) is 2.74. The van der Waals surface area contributed by atoms with E-state index in [0.717, 1.165) is 30.8 Å². The summed E-state index contributed by atoms with van der Waals surface area (Å²) in [5.41, 5.74) is 5.64. The molecule has 1 aliphatic rings. The lowest BCUT2D eigenvalue weighted by Crippen LogP contribution is -2.44. The minimum absolute atomic E-state index is 0.00187. The Kier molecular flexibility index (Phi) is 3.89. The molecule has 0 saturated heterocycles. The van der Waals surface area contributed by atoms with E-state index in [1.54, 1.807) is 0 Å². The molecule has 0 aliphatic heterocycles. The molecule has 0 heterocycles. The Morgan fingerprint density at radius 2 is 1.82 bits per heavy atom. The van der Waals surface area contributed by atoms with Crippen LogP contribution in [0.1, 0.15) is 32.6 Å². The van der Waals surface area contributed by atoms with Gasteiger partial charge in [-0.1, -0.05) is 0 Å². The largest absolute Gasteiger partial charge is 0.494 e. The van der Waals surface area contributed by atoms with E-state index in [9.17, 15) is 0 Å². The number of ether oxygens (including phenoxy) is 2. The third-order valence-electron chi connectivity index (χ3n) is 3.33. The predicted molar refractivity (Wildman–Crippen MR) is 68.5 cm³/mol. The summed E-state index contributed by atoms with van der Waals surface area (Å²) in [5.74, 6) is 1.81. The van der Waals surface area contributed by atoms with Gasteiger partial charge in [0.05, 0.1) is 6.61 Å². The zero-order chi connectivity index (χ0) is 12.1. The highest BCUT2D eigenvalue weighted by Gasteiger charge is 2.38. The van der Waals surface area contributed by atoms with Gasteiger partial charge in [-0.05, 0) is 63.4 Å². The molecule has 1 saturated carbocycles. The maximum Gasteiger partial charge on any atom is 0.120 e. The van der Waals surface area contributed by atoms with Gasteiger partial charge >= 0.3 is 0 Å². The van der Waals surface area contributed by atoms with Crippen molar-refractivity contribution in [3.05, 3.63) is 24.3 Å². The second-order valence-corrected chi connectivity index (χ2v) is 4.58. The van der Waals surface area contributed by atoms with Gasteiger partial charge in [-0.2, -0.15) is 0 Å². The summed E-state index contributed by atoms with van der Waals surface area (Å²) >= 11 is 0. The van der Waals surface area contributed by atoms with Gasteiger partial charge < -0.3 is 15.2 Å². The van der Waals surface area contributed by atoms with Crippen molar-refractivity contribution < 1.29 is 9.47 Å². The highest BCUT2D eigenvalue weighted by atomic mass is 16.5. The van der Waals surface area contributed by atoms with E-state index in [-0.39, 0.29) is 5.60 Å². The van der Waals surface area contributed by atoms with Crippen molar-refractivity contribution in [2.24, 2.45) is 5.73 Å². The van der Waals surface area contributed by atoms with Crippen molar-refractivity contribution >= 4 is 0 Å². The van der Waals surface area contributed by atoms with E-state index in [1.807, 2.05) is 31.2 Å². The van der Waals surface area contributed by atoms with Crippen molar-refractivity contribution in [1.82, 2.24) is 0 Å². The van der Waals surface area contributed by atoms with Crippen LogP contribution in [0.4, 0.5) is 0 Å². The molecule has 0 bridgehead atoms. The van der Waals surface area contributed by atoms with E-state index in [2.05, 4.69) is 0 Å². The molecule has 0 radical (unpaired) electrons. The molecule has 0 atom stereocenters. The van der Waals surface area contributed by atoms with Crippen LogP contribution in [0.25, 0.3) is 0 Å². The third-order valence-corrected chi connectivity index (χ3v) is 3.33. The molecule has 3 heteroatoms. The Balaban J connectivity index is 1.98. The maximum atomic E-state index is 6.08. The third kappa shape index (κ3) is 2.91. The molecule has 0 amide bonds. The minimum atomic E-state index is 0.00187. The van der Waals surface area contributed by atoms with Gasteiger partial charge in [0.15, 0.2) is 0 Å². The summed E-state index contributed by atoms with van der Waals surface area (Å²) in [5, 5.41) is 0. The maximum absolute atomic E-state index is 6.08. The Bertz CT molecular complexity index is 344. The first-order chi connectivity index (χ1) is 8.28. The summed E-state index contributed by atoms with van der Waals surface area (Å²) in [6.45, 7) is 3.36. The van der Waals surface area contributed by atoms with E-state index < -0.39 is 0 Å². The van der Waals surface area contributed by atoms with E-state index >= 15 is 0 Å². The standard InChI is InChI=1S/C14H21NO2/c1-2-16-12-4-6-13(7-5-12)17-14(10-11-15)8-3-9-14/h4-7H,2-3,8-11,15H2,1H3. The monoisotopic (exact) mass is 235 g/mol. The fraction of sp³-hybridized carbons (Fsp3) is 0.571. The summed E-state index contributed by atoms with van der Waals surface area (Å²) in [6, 6.07) is 7.85. The SMILES string of the molecule is CCOc1ccc(OC2(CCN)CCC2)cc1. The van der Waals surface area contributed by atoms with Gasteiger partial charge in [0.25, 0.3) is 0 Å². The second kappa shape index (κ2) is 5.41. The van der Waals surface area contributed by atoms with Gasteiger partial charge in [-0.15, -0.1) is 0 Å². The highest BCUT2D eigenvalue weighted by molar-refractivity contribution is 5.31. The molecule has 1 aromatic carbocycles. The van der Waals surface area contributed by atoms with Crippen molar-refractivity contribution in [3.8, 4) is 11.5 Å². The molecule has 1 fully saturated rings. The lowest BCUT2D eigenvalue weighted by atomic mass is 9.77. The molecule has 3 nitrogen and oxygen atoms in total. The fourth-order valence-corrected chi connectivity index (χ4v) is 2.26. The van der Waals surface area contributed by atoms with Crippen LogP contribution in [-0.2, 0) is 0 Å². The second-order valence-electron chi connectivity index (χ2n) is 4.58. The van der Waals surface area contributed by atoms with Crippen LogP contribution in [0.5, 0.6) is 11.5 Å². The Labute approximate surface area is 103 Å². The fourth-order valence-electron chi connectivity index (χ4n) is 2.26. The molecular weight excluding hydrogens is 214 g/mol. The van der Waals surface area contributed by atoms with Crippen molar-refractivity contribution in [1.29, 1.82) is 0 Å². The molecule has 0 aromatic heterocycles. The average molecular weight is 235 g/mol. The summed E-state index contributed by atoms with van der Waals surface area (Å²) in [7, 11) is 0. The van der Waals surface area contributed by atoms with E-state index in [1.165, 1.54) is 6.42 Å². The molecule has 1 aliphatic carbocycles. The summed E-state index contributed by atoms with van der Waals surface area (Å²) < 4.78 is 11.5. The van der Waals surface area contributed by atoms with Gasteiger partial charge in [0.1, 0.15) is 17.1 Å². The first-order valence-electron chi connectivity index (χ1n) is 6.40. The molecule has 17 heavy (non-hydrogen) atoms. The number of hydrogen-bond donors (Lipinski definition) is 1. The Morgan fingerprint density at radius 3 is 2.29 bits per heavy atom. The van der Waals surface area contributed by atoms with Gasteiger partial charge in [0.2, 0.25) is 0 Å². The number of benzene rings is 1. The van der Waals surface area contributed by atoms with Crippen LogP contribution < -0.4 is 15.2 Å². The first-order valence-corrected chi connectivity index (χ1v) is 6.40. The topological polar surface area (TPSA) is 44.5 Å². The van der Waals surface area contributed by atoms with Crippen molar-refractivity contribution in [2.75, 3.05) is 13.2 Å². The van der Waals surface area contributed by atoms with Crippen LogP contribution >= 0.6 is 0 Å². The lowest BCUT2D eigenvalue weighted by molar-refractivity contribution is -0.0125. The average Bonchev–Trinajstić information content (AvgIpc) is 2.29. The van der Waals surface area contributed by atoms with Gasteiger partial charge in [0, 0.05) is 0 Å². The zero-order valence-corrected chi connectivity index (χ0v) is 10.4. The van der Waals surface area contributed by atoms with Crippen LogP contribution in [0.15, 0.2) is 24.3 Å². The number of hydrogen-bond acceptors (Lipinski definition) is 3. The molecule has 1 aromatic rings. The lowest BCUT2D eigenvalue weighted by Gasteiger charge is -2.41. The molecule has 2 N–H and O–H groups in total. The van der Waals surface area contributed by atoms with E-state index in [4.69, 9.17) is 15.2 Å². The normalized spacial score (nSPS) is 17.3. The summed E-state index contributed by atoms with van der Waals surface area (Å²) in [6.07, 6.45) is 4.44. The van der Waals surface area contributed by atoms with Gasteiger partial charge in [-0.25, -0.2) is 0 Å². The molecule has 0 unspecified atom stereocenters. The molecular formula is C14H21NO2. The zero-order valence-electron chi connectivity index (χ0n) is 10.4. The van der Waals surface area contributed by atoms with Crippen LogP contribution in [0.2, 0.25) is 0 Å². The van der Waals surface area contributed by atoms with Crippen LogP contribution in [0.3, 0.4) is 0 Å². The summed E-state index contributed by atoms with van der Waals surface area (Å²) in [4.78, 5) is 0. The molecule has 0 spiro atoms. The Morgan fingerprint density at radius 1 is 1.18 bits per heavy atom. The van der Waals surface area contributed by atoms with Crippen LogP contribution in [0, 0.1) is 0 Å². The van der Waals surface area contributed by atoms with Crippen LogP contribution in [-0.4, -0.2) is 18.8 Å². The Hall–Kier alpha value is -1.22. The number of nitrogens with two attached hydrogens (primary N) is 1. The van der Waals surface area contributed by atoms with Gasteiger partial charge in [-0.3, -0.25) is 0 Å². The quantitative estimate of drug-likeness (QED) is 0.824. The smallest absolute Gasteiger partial charge is 0.120 e. The minimum Gasteiger partial charge on any atom is -0.494 e. The van der Waals surface area contributed by atoms with Crippen molar-refractivity contribution in [2.45, 2.75) is 38.2 Å².